The Labute approximate surface area is 85.1 Å². The fourth-order valence-corrected chi connectivity index (χ4v) is 1.37. The first kappa shape index (κ1) is 12.9. The van der Waals surface area contributed by atoms with Crippen LogP contribution in [-0.4, -0.2) is 0 Å². The van der Waals surface area contributed by atoms with Gasteiger partial charge >= 0.3 is 14.6 Å². The van der Waals surface area contributed by atoms with Gasteiger partial charge in [0, 0.05) is 0 Å². The van der Waals surface area contributed by atoms with Gasteiger partial charge in [-0.05, 0) is 0 Å². The second kappa shape index (κ2) is 4.01. The van der Waals surface area contributed by atoms with Crippen molar-refractivity contribution in [1.82, 2.24) is 0 Å². The van der Waals surface area contributed by atoms with E-state index in [-0.39, 0.29) is 0 Å². The summed E-state index contributed by atoms with van der Waals surface area (Å²) in [6.07, 6.45) is -5.58. The molecule has 0 aliphatic rings. The van der Waals surface area contributed by atoms with Crippen LogP contribution < -0.4 is 5.30 Å². The molecule has 0 saturated heterocycles. The van der Waals surface area contributed by atoms with Crippen molar-refractivity contribution in [2.45, 2.75) is 6.18 Å². The third-order valence-electron chi connectivity index (χ3n) is 1.65. The van der Waals surface area contributed by atoms with Crippen molar-refractivity contribution in [3.63, 3.8) is 0 Å². The summed E-state index contributed by atoms with van der Waals surface area (Å²) in [6, 6.07) is 0. The molecule has 0 aliphatic heterocycles. The van der Waals surface area contributed by atoms with Gasteiger partial charge in [0.15, 0.2) is 11.6 Å². The highest BCUT2D eigenvalue weighted by molar-refractivity contribution is 7.34. The Hall–Kier alpha value is -1.17. The van der Waals surface area contributed by atoms with E-state index < -0.39 is 48.8 Å². The van der Waals surface area contributed by atoms with Crippen molar-refractivity contribution >= 4 is 13.8 Å². The quantitative estimate of drug-likeness (QED) is 0.433. The maximum Gasteiger partial charge on any atom is 0.422 e. The highest BCUT2D eigenvalue weighted by atomic mass is 31.1. The minimum atomic E-state index is -5.58. The molecule has 0 saturated carbocycles. The Kier molecular flexibility index (Phi) is 3.23. The lowest BCUT2D eigenvalue weighted by molar-refractivity contribution is -0.143. The van der Waals surface area contributed by atoms with Crippen LogP contribution in [0.15, 0.2) is 0 Å². The molecule has 9 heteroatoms. The third kappa shape index (κ3) is 1.89. The van der Waals surface area contributed by atoms with Gasteiger partial charge in [-0.3, -0.25) is 0 Å². The summed E-state index contributed by atoms with van der Waals surface area (Å²) in [5, 5.41) is -1.57. The van der Waals surface area contributed by atoms with Gasteiger partial charge in [0.2, 0.25) is 11.6 Å². The molecule has 0 amide bonds. The predicted molar refractivity (Wildman–Crippen MR) is 39.9 cm³/mol. The monoisotopic (exact) mass is 265 g/mol. The number of halogens is 7. The standard InChI is InChI=1S/C7F7OP/c8-2-1(7(12,13)14)3(9)5(11)6(16-15)4(2)10/p+1. The lowest BCUT2D eigenvalue weighted by Gasteiger charge is -2.09. The van der Waals surface area contributed by atoms with Crippen LogP contribution in [-0.2, 0) is 10.7 Å². The normalized spacial score (nSPS) is 12.2. The molecule has 1 rings (SSSR count). The summed E-state index contributed by atoms with van der Waals surface area (Å²) < 4.78 is 97.2. The second-order valence-electron chi connectivity index (χ2n) is 2.61. The van der Waals surface area contributed by atoms with Crippen LogP contribution in [0.3, 0.4) is 0 Å². The molecule has 1 atom stereocenters. The molecule has 88 valence electrons. The Morgan fingerprint density at radius 2 is 1.19 bits per heavy atom. The Morgan fingerprint density at radius 3 is 1.44 bits per heavy atom. The minimum absolute atomic E-state index is 1.57. The van der Waals surface area contributed by atoms with Crippen molar-refractivity contribution in [3.8, 4) is 0 Å². The SMILES string of the molecule is O=[PH+]c1c(F)c(F)c(C(F)(F)F)c(F)c1F. The second-order valence-corrected chi connectivity index (χ2v) is 3.31. The van der Waals surface area contributed by atoms with E-state index in [1.165, 1.54) is 0 Å². The van der Waals surface area contributed by atoms with Crippen molar-refractivity contribution in [2.75, 3.05) is 0 Å². The highest BCUT2D eigenvalue weighted by Gasteiger charge is 2.43. The van der Waals surface area contributed by atoms with Crippen LogP contribution in [0.25, 0.3) is 0 Å². The summed E-state index contributed by atoms with van der Waals surface area (Å²) in [5.41, 5.74) is -2.68. The molecule has 0 fully saturated rings. The Balaban J connectivity index is 3.74. The van der Waals surface area contributed by atoms with Crippen LogP contribution in [0.5, 0.6) is 0 Å². The van der Waals surface area contributed by atoms with E-state index in [1.54, 1.807) is 0 Å². The van der Waals surface area contributed by atoms with Crippen molar-refractivity contribution < 1.29 is 35.3 Å². The van der Waals surface area contributed by atoms with Crippen LogP contribution in [0, 0.1) is 23.3 Å². The largest absolute Gasteiger partial charge is 0.422 e. The lowest BCUT2D eigenvalue weighted by atomic mass is 10.1. The molecule has 0 aliphatic carbocycles. The number of benzene rings is 1. The van der Waals surface area contributed by atoms with Crippen LogP contribution in [0.2, 0.25) is 0 Å². The molecule has 0 spiro atoms. The molecule has 0 radical (unpaired) electrons. The summed E-state index contributed by atoms with van der Waals surface area (Å²) in [6.45, 7) is 0. The molecule has 0 N–H and O–H groups in total. The first-order valence-corrected chi connectivity index (χ1v) is 4.44. The van der Waals surface area contributed by atoms with E-state index in [0.717, 1.165) is 0 Å². The number of rotatable bonds is 1. The summed E-state index contributed by atoms with van der Waals surface area (Å²) in [7, 11) is -1.95. The van der Waals surface area contributed by atoms with Gasteiger partial charge in [0.1, 0.15) is 5.56 Å². The van der Waals surface area contributed by atoms with Gasteiger partial charge < -0.3 is 0 Å². The van der Waals surface area contributed by atoms with Gasteiger partial charge in [-0.1, -0.05) is 4.57 Å². The van der Waals surface area contributed by atoms with Crippen LogP contribution in [0.1, 0.15) is 5.56 Å². The molecular weight excluding hydrogens is 264 g/mol. The van der Waals surface area contributed by atoms with Gasteiger partial charge in [0.05, 0.1) is 0 Å². The predicted octanol–water partition coefficient (Wildman–Crippen LogP) is 2.91. The number of hydrogen-bond donors (Lipinski definition) is 0. The van der Waals surface area contributed by atoms with Crippen LogP contribution in [0.4, 0.5) is 30.7 Å². The smallest absolute Gasteiger partial charge is 0.203 e. The molecule has 0 heterocycles. The minimum Gasteiger partial charge on any atom is -0.203 e. The molecule has 1 nitrogen and oxygen atoms in total. The zero-order valence-electron chi connectivity index (χ0n) is 7.05. The first-order chi connectivity index (χ1) is 7.21. The topological polar surface area (TPSA) is 17.1 Å². The Morgan fingerprint density at radius 1 is 0.812 bits per heavy atom. The van der Waals surface area contributed by atoms with E-state index in [0.29, 0.717) is 0 Å². The van der Waals surface area contributed by atoms with E-state index in [2.05, 4.69) is 0 Å². The fourth-order valence-electron chi connectivity index (χ4n) is 0.970. The maximum atomic E-state index is 12.8. The van der Waals surface area contributed by atoms with Gasteiger partial charge in [-0.2, -0.15) is 22.0 Å². The molecular formula is C7HF7OP+. The molecule has 0 aromatic heterocycles. The van der Waals surface area contributed by atoms with Gasteiger partial charge in [0.25, 0.3) is 5.30 Å². The average molecular weight is 265 g/mol. The summed E-state index contributed by atoms with van der Waals surface area (Å²) in [5.74, 6) is -9.83. The number of alkyl halides is 3. The third-order valence-corrected chi connectivity index (χ3v) is 2.29. The highest BCUT2D eigenvalue weighted by Crippen LogP contribution is 2.35. The zero-order chi connectivity index (χ0) is 12.7. The lowest BCUT2D eigenvalue weighted by Crippen LogP contribution is -2.21. The van der Waals surface area contributed by atoms with Crippen molar-refractivity contribution in [1.29, 1.82) is 0 Å². The van der Waals surface area contributed by atoms with E-state index in [9.17, 15) is 35.3 Å². The molecule has 16 heavy (non-hydrogen) atoms. The van der Waals surface area contributed by atoms with Crippen molar-refractivity contribution in [3.05, 3.63) is 28.8 Å². The van der Waals surface area contributed by atoms with Crippen molar-refractivity contribution in [2.24, 2.45) is 0 Å². The molecule has 0 bridgehead atoms. The molecule has 1 unspecified atom stereocenters. The van der Waals surface area contributed by atoms with E-state index in [1.807, 2.05) is 0 Å². The summed E-state index contributed by atoms with van der Waals surface area (Å²) >= 11 is 0. The van der Waals surface area contributed by atoms with Gasteiger partial charge in [-0.15, -0.1) is 0 Å². The Bertz CT molecular complexity index is 424. The van der Waals surface area contributed by atoms with E-state index >= 15 is 0 Å². The molecule has 1 aromatic carbocycles. The van der Waals surface area contributed by atoms with Gasteiger partial charge in [-0.25, -0.2) is 8.78 Å². The zero-order valence-corrected chi connectivity index (χ0v) is 8.05. The maximum absolute atomic E-state index is 12.8. The average Bonchev–Trinajstić information content (AvgIpc) is 2.14. The number of hydrogen-bond acceptors (Lipinski definition) is 1. The molecule has 1 aromatic rings. The fraction of sp³-hybridized carbons (Fsp3) is 0.143. The summed E-state index contributed by atoms with van der Waals surface area (Å²) in [4.78, 5) is 0. The first-order valence-electron chi connectivity index (χ1n) is 3.53. The van der Waals surface area contributed by atoms with Crippen LogP contribution >= 0.6 is 8.46 Å². The van der Waals surface area contributed by atoms with E-state index in [4.69, 9.17) is 0 Å².